The van der Waals surface area contributed by atoms with Crippen molar-refractivity contribution in [2.45, 2.75) is 6.92 Å². The van der Waals surface area contributed by atoms with Gasteiger partial charge >= 0.3 is 0 Å². The van der Waals surface area contributed by atoms with Gasteiger partial charge in [-0.25, -0.2) is 9.37 Å². The Bertz CT molecular complexity index is 929. The molecule has 0 saturated carbocycles. The third kappa shape index (κ3) is 4.13. The van der Waals surface area contributed by atoms with Crippen LogP contribution in [0.5, 0.6) is 5.88 Å². The molecule has 0 aliphatic carbocycles. The largest absolute Gasteiger partial charge is 0.481 e. The molecule has 1 heterocycles. The molecule has 1 aromatic heterocycles. The van der Waals surface area contributed by atoms with Crippen molar-refractivity contribution in [1.82, 2.24) is 9.97 Å². The Hall–Kier alpha value is -3.48. The highest BCUT2D eigenvalue weighted by atomic mass is 19.1. The van der Waals surface area contributed by atoms with Gasteiger partial charge < -0.3 is 15.4 Å². The summed E-state index contributed by atoms with van der Waals surface area (Å²) in [6.45, 7) is 1.77. The fraction of sp³-hybridized carbons (Fsp3) is 0.105. The summed E-state index contributed by atoms with van der Waals surface area (Å²) < 4.78 is 18.8. The average Bonchev–Trinajstić information content (AvgIpc) is 2.63. The van der Waals surface area contributed by atoms with E-state index in [9.17, 15) is 9.18 Å². The number of methoxy groups -OCH3 is 1. The van der Waals surface area contributed by atoms with Gasteiger partial charge in [0.25, 0.3) is 5.91 Å². The summed E-state index contributed by atoms with van der Waals surface area (Å²) in [5, 5.41) is 5.80. The summed E-state index contributed by atoms with van der Waals surface area (Å²) in [7, 11) is 1.54. The van der Waals surface area contributed by atoms with Gasteiger partial charge in [-0.15, -0.1) is 0 Å². The lowest BCUT2D eigenvalue weighted by atomic mass is 10.2. The number of halogens is 1. The monoisotopic (exact) mass is 352 g/mol. The Kier molecular flexibility index (Phi) is 5.07. The van der Waals surface area contributed by atoms with Gasteiger partial charge in [0.1, 0.15) is 17.5 Å². The van der Waals surface area contributed by atoms with E-state index in [1.807, 2.05) is 0 Å². The number of carbonyl (C=O) groups excluding carboxylic acids is 1. The Labute approximate surface area is 150 Å². The molecule has 0 atom stereocenters. The van der Waals surface area contributed by atoms with Crippen molar-refractivity contribution < 1.29 is 13.9 Å². The van der Waals surface area contributed by atoms with Crippen molar-refractivity contribution in [3.8, 4) is 5.88 Å². The molecule has 0 aliphatic rings. The first-order valence-corrected chi connectivity index (χ1v) is 7.88. The first-order chi connectivity index (χ1) is 12.5. The van der Waals surface area contributed by atoms with E-state index >= 15 is 0 Å². The molecule has 132 valence electrons. The molecule has 3 rings (SSSR count). The second-order valence-corrected chi connectivity index (χ2v) is 5.48. The molecule has 0 bridgehead atoms. The highest BCUT2D eigenvalue weighted by Crippen LogP contribution is 2.20. The lowest BCUT2D eigenvalue weighted by Crippen LogP contribution is -2.13. The van der Waals surface area contributed by atoms with Crippen LogP contribution in [0.25, 0.3) is 0 Å². The SMILES string of the molecule is COc1cc(Nc2ccc(NC(=O)c3ccccc3F)cc2)nc(C)n1. The van der Waals surface area contributed by atoms with Crippen LogP contribution in [0, 0.1) is 12.7 Å². The predicted molar refractivity (Wildman–Crippen MR) is 97.4 cm³/mol. The van der Waals surface area contributed by atoms with E-state index in [2.05, 4.69) is 20.6 Å². The zero-order valence-corrected chi connectivity index (χ0v) is 14.3. The molecule has 7 heteroatoms. The third-order valence-corrected chi connectivity index (χ3v) is 3.56. The molecular weight excluding hydrogens is 335 g/mol. The fourth-order valence-electron chi connectivity index (χ4n) is 2.34. The third-order valence-electron chi connectivity index (χ3n) is 3.56. The number of aryl methyl sites for hydroxylation is 1. The summed E-state index contributed by atoms with van der Waals surface area (Å²) >= 11 is 0. The van der Waals surface area contributed by atoms with Gasteiger partial charge in [-0.1, -0.05) is 12.1 Å². The summed E-state index contributed by atoms with van der Waals surface area (Å²) in [5.74, 6) is 0.586. The lowest BCUT2D eigenvalue weighted by Gasteiger charge is -2.10. The average molecular weight is 352 g/mol. The van der Waals surface area contributed by atoms with Crippen molar-refractivity contribution in [2.24, 2.45) is 0 Å². The zero-order chi connectivity index (χ0) is 18.5. The van der Waals surface area contributed by atoms with Crippen LogP contribution in [-0.2, 0) is 0 Å². The highest BCUT2D eigenvalue weighted by molar-refractivity contribution is 6.04. The first-order valence-electron chi connectivity index (χ1n) is 7.88. The number of amides is 1. The summed E-state index contributed by atoms with van der Waals surface area (Å²) in [5.41, 5.74) is 1.33. The van der Waals surface area contributed by atoms with Crippen molar-refractivity contribution in [1.29, 1.82) is 0 Å². The van der Waals surface area contributed by atoms with Crippen molar-refractivity contribution in [3.63, 3.8) is 0 Å². The van der Waals surface area contributed by atoms with Gasteiger partial charge in [-0.2, -0.15) is 4.98 Å². The number of hydrogen-bond acceptors (Lipinski definition) is 5. The number of anilines is 3. The number of nitrogens with one attached hydrogen (secondary N) is 2. The van der Waals surface area contributed by atoms with Gasteiger partial charge in [-0.05, 0) is 43.3 Å². The van der Waals surface area contributed by atoms with E-state index < -0.39 is 11.7 Å². The van der Waals surface area contributed by atoms with Crippen LogP contribution in [0.2, 0.25) is 0 Å². The second kappa shape index (κ2) is 7.60. The topological polar surface area (TPSA) is 76.1 Å². The summed E-state index contributed by atoms with van der Waals surface area (Å²) in [4.78, 5) is 20.5. The highest BCUT2D eigenvalue weighted by Gasteiger charge is 2.11. The first kappa shape index (κ1) is 17.3. The van der Waals surface area contributed by atoms with Gasteiger partial charge in [-0.3, -0.25) is 4.79 Å². The van der Waals surface area contributed by atoms with Crippen LogP contribution >= 0.6 is 0 Å². The summed E-state index contributed by atoms with van der Waals surface area (Å²) in [6.07, 6.45) is 0. The van der Waals surface area contributed by atoms with Crippen molar-refractivity contribution in [3.05, 3.63) is 71.8 Å². The zero-order valence-electron chi connectivity index (χ0n) is 14.3. The Morgan fingerprint density at radius 1 is 1.04 bits per heavy atom. The predicted octanol–water partition coefficient (Wildman–Crippen LogP) is 3.93. The van der Waals surface area contributed by atoms with Crippen LogP contribution in [0.15, 0.2) is 54.6 Å². The Balaban J connectivity index is 1.70. The van der Waals surface area contributed by atoms with Crippen LogP contribution in [0.1, 0.15) is 16.2 Å². The lowest BCUT2D eigenvalue weighted by molar-refractivity contribution is 0.102. The molecule has 2 aromatic carbocycles. The van der Waals surface area contributed by atoms with E-state index in [0.717, 1.165) is 5.69 Å². The summed E-state index contributed by atoms with van der Waals surface area (Å²) in [6, 6.07) is 14.5. The minimum absolute atomic E-state index is 0.00161. The van der Waals surface area contributed by atoms with Gasteiger partial charge in [0.2, 0.25) is 5.88 Å². The number of nitrogens with zero attached hydrogens (tertiary/aromatic N) is 2. The van der Waals surface area contributed by atoms with Crippen LogP contribution in [-0.4, -0.2) is 23.0 Å². The van der Waals surface area contributed by atoms with E-state index in [-0.39, 0.29) is 5.56 Å². The van der Waals surface area contributed by atoms with E-state index in [1.165, 1.54) is 18.2 Å². The molecular formula is C19H17FN4O2. The number of rotatable bonds is 5. The molecule has 0 aliphatic heterocycles. The van der Waals surface area contributed by atoms with Crippen LogP contribution in [0.3, 0.4) is 0 Å². The molecule has 3 aromatic rings. The quantitative estimate of drug-likeness (QED) is 0.728. The maximum atomic E-state index is 13.7. The van der Waals surface area contributed by atoms with Crippen LogP contribution in [0.4, 0.5) is 21.6 Å². The molecule has 0 fully saturated rings. The fourth-order valence-corrected chi connectivity index (χ4v) is 2.34. The van der Waals surface area contributed by atoms with Gasteiger partial charge in [0, 0.05) is 17.4 Å². The maximum absolute atomic E-state index is 13.7. The maximum Gasteiger partial charge on any atom is 0.258 e. The van der Waals surface area contributed by atoms with E-state index in [1.54, 1.807) is 50.4 Å². The smallest absolute Gasteiger partial charge is 0.258 e. The molecule has 0 spiro atoms. The molecule has 0 unspecified atom stereocenters. The molecule has 0 saturated heterocycles. The molecule has 1 amide bonds. The number of carbonyl (C=O) groups is 1. The van der Waals surface area contributed by atoms with Gasteiger partial charge in [0.05, 0.1) is 12.7 Å². The van der Waals surface area contributed by atoms with Crippen molar-refractivity contribution in [2.75, 3.05) is 17.7 Å². The van der Waals surface area contributed by atoms with Crippen molar-refractivity contribution >= 4 is 23.1 Å². The van der Waals surface area contributed by atoms with E-state index in [0.29, 0.717) is 23.2 Å². The Morgan fingerprint density at radius 2 is 1.73 bits per heavy atom. The number of benzene rings is 2. The molecule has 0 radical (unpaired) electrons. The standard InChI is InChI=1S/C19H17FN4O2/c1-12-21-17(11-18(22-12)26-2)23-13-7-9-14(10-8-13)24-19(25)15-5-3-4-6-16(15)20/h3-11H,1-2H3,(H,24,25)(H,21,22,23). The second-order valence-electron chi connectivity index (χ2n) is 5.48. The van der Waals surface area contributed by atoms with Crippen LogP contribution < -0.4 is 15.4 Å². The molecule has 6 nitrogen and oxygen atoms in total. The number of ether oxygens (including phenoxy) is 1. The van der Waals surface area contributed by atoms with E-state index in [4.69, 9.17) is 4.74 Å². The Morgan fingerprint density at radius 3 is 2.42 bits per heavy atom. The number of aromatic nitrogens is 2. The molecule has 2 N–H and O–H groups in total. The number of hydrogen-bond donors (Lipinski definition) is 2. The van der Waals surface area contributed by atoms with Gasteiger partial charge in [0.15, 0.2) is 0 Å². The normalized spacial score (nSPS) is 10.3. The minimum atomic E-state index is -0.559. The minimum Gasteiger partial charge on any atom is -0.481 e. The molecule has 26 heavy (non-hydrogen) atoms.